The Balaban J connectivity index is 1.44. The maximum atomic E-state index is 13.6. The highest BCUT2D eigenvalue weighted by Crippen LogP contribution is 2.36. The van der Waals surface area contributed by atoms with Crippen molar-refractivity contribution >= 4 is 21.6 Å². The first-order valence-corrected chi connectivity index (χ1v) is 13.7. The molecule has 7 heteroatoms. The molecule has 6 nitrogen and oxygen atoms in total. The molecule has 5 rings (SSSR count). The highest BCUT2D eigenvalue weighted by molar-refractivity contribution is 7.92. The second-order valence-corrected chi connectivity index (χ2v) is 11.0. The third kappa shape index (κ3) is 5.52. The normalized spacial score (nSPS) is 15.8. The summed E-state index contributed by atoms with van der Waals surface area (Å²) in [6.07, 6.45) is -1.02. The lowest BCUT2D eigenvalue weighted by Crippen LogP contribution is -2.51. The molecule has 4 aromatic carbocycles. The number of benzene rings is 4. The standard InChI is InChI=1S/C30H28N2O4S/c1-22-16-18-25(19-17-22)29(24-12-6-3-7-13-24)31-30(33)28-20-32(26-14-8-9-15-27(26)36-28)37(34,35)21-23-10-4-2-5-11-23/h2-19,28-29H,20-21H2,1H3,(H,31,33). The van der Waals surface area contributed by atoms with Gasteiger partial charge in [0.05, 0.1) is 24.0 Å². The number of hydrogen-bond donors (Lipinski definition) is 1. The summed E-state index contributed by atoms with van der Waals surface area (Å²) in [5, 5.41) is 3.11. The maximum Gasteiger partial charge on any atom is 0.263 e. The van der Waals surface area contributed by atoms with Crippen molar-refractivity contribution in [1.82, 2.24) is 5.32 Å². The Morgan fingerprint density at radius 1 is 0.865 bits per heavy atom. The van der Waals surface area contributed by atoms with Crippen LogP contribution in [0.1, 0.15) is 28.3 Å². The first-order valence-electron chi connectivity index (χ1n) is 12.1. The van der Waals surface area contributed by atoms with Crippen molar-refractivity contribution in [3.05, 3.63) is 131 Å². The van der Waals surface area contributed by atoms with Gasteiger partial charge in [-0.05, 0) is 35.7 Å². The fourth-order valence-corrected chi connectivity index (χ4v) is 6.05. The Morgan fingerprint density at radius 3 is 2.16 bits per heavy atom. The number of hydrogen-bond acceptors (Lipinski definition) is 4. The van der Waals surface area contributed by atoms with E-state index in [1.54, 1.807) is 36.4 Å². The molecule has 0 saturated heterocycles. The van der Waals surface area contributed by atoms with E-state index in [2.05, 4.69) is 5.32 Å². The molecule has 0 spiro atoms. The molecule has 0 aliphatic carbocycles. The van der Waals surface area contributed by atoms with Gasteiger partial charge in [0.25, 0.3) is 5.91 Å². The molecule has 1 aliphatic heterocycles. The number of carbonyl (C=O) groups is 1. The molecule has 1 amide bonds. The number of rotatable bonds is 7. The quantitative estimate of drug-likeness (QED) is 0.378. The summed E-state index contributed by atoms with van der Waals surface area (Å²) in [5.41, 5.74) is 4.07. The molecule has 0 fully saturated rings. The minimum atomic E-state index is -3.78. The van der Waals surface area contributed by atoms with Crippen molar-refractivity contribution in [1.29, 1.82) is 0 Å². The molecule has 0 saturated carbocycles. The lowest BCUT2D eigenvalue weighted by Gasteiger charge is -2.35. The van der Waals surface area contributed by atoms with Crippen molar-refractivity contribution in [2.24, 2.45) is 0 Å². The zero-order valence-corrected chi connectivity index (χ0v) is 21.3. The van der Waals surface area contributed by atoms with E-state index >= 15 is 0 Å². The summed E-state index contributed by atoms with van der Waals surface area (Å²) in [6.45, 7) is 1.89. The van der Waals surface area contributed by atoms with Crippen LogP contribution in [0.3, 0.4) is 0 Å². The van der Waals surface area contributed by atoms with Gasteiger partial charge in [-0.1, -0.05) is 103 Å². The van der Waals surface area contributed by atoms with E-state index in [0.717, 1.165) is 16.7 Å². The van der Waals surface area contributed by atoms with E-state index in [1.165, 1.54) is 4.31 Å². The third-order valence-corrected chi connectivity index (χ3v) is 8.10. The van der Waals surface area contributed by atoms with E-state index in [9.17, 15) is 13.2 Å². The number of sulfonamides is 1. The summed E-state index contributed by atoms with van der Waals surface area (Å²) in [7, 11) is -3.78. The summed E-state index contributed by atoms with van der Waals surface area (Å²) >= 11 is 0. The average molecular weight is 513 g/mol. The monoisotopic (exact) mass is 512 g/mol. The second kappa shape index (κ2) is 10.5. The largest absolute Gasteiger partial charge is 0.476 e. The van der Waals surface area contributed by atoms with Gasteiger partial charge in [-0.15, -0.1) is 0 Å². The smallest absolute Gasteiger partial charge is 0.263 e. The topological polar surface area (TPSA) is 75.7 Å². The van der Waals surface area contributed by atoms with E-state index < -0.39 is 22.2 Å². The number of amides is 1. The zero-order chi connectivity index (χ0) is 25.8. The van der Waals surface area contributed by atoms with E-state index in [-0.39, 0.29) is 18.2 Å². The van der Waals surface area contributed by atoms with Gasteiger partial charge in [-0.2, -0.15) is 0 Å². The van der Waals surface area contributed by atoms with Crippen molar-refractivity contribution in [3.63, 3.8) is 0 Å². The lowest BCUT2D eigenvalue weighted by molar-refractivity contribution is -0.128. The van der Waals surface area contributed by atoms with Gasteiger partial charge >= 0.3 is 0 Å². The number of para-hydroxylation sites is 2. The predicted octanol–water partition coefficient (Wildman–Crippen LogP) is 5.00. The van der Waals surface area contributed by atoms with Gasteiger partial charge in [0.2, 0.25) is 10.0 Å². The molecule has 1 aliphatic rings. The van der Waals surface area contributed by atoms with Gasteiger partial charge in [-0.25, -0.2) is 8.42 Å². The molecule has 4 aromatic rings. The van der Waals surface area contributed by atoms with Crippen LogP contribution in [0.5, 0.6) is 5.75 Å². The minimum absolute atomic E-state index is 0.118. The Kier molecular flexibility index (Phi) is 6.97. The number of carbonyl (C=O) groups excluding carboxylic acids is 1. The number of aryl methyl sites for hydroxylation is 1. The van der Waals surface area contributed by atoms with Gasteiger partial charge in [-0.3, -0.25) is 9.10 Å². The van der Waals surface area contributed by atoms with Gasteiger partial charge < -0.3 is 10.1 Å². The molecule has 0 bridgehead atoms. The van der Waals surface area contributed by atoms with Crippen molar-refractivity contribution in [2.45, 2.75) is 24.8 Å². The summed E-state index contributed by atoms with van der Waals surface area (Å²) < 4.78 is 34.4. The Bertz CT molecular complexity index is 1470. The number of anilines is 1. The van der Waals surface area contributed by atoms with Crippen LogP contribution in [0.2, 0.25) is 0 Å². The summed E-state index contributed by atoms with van der Waals surface area (Å²) in [4.78, 5) is 13.6. The minimum Gasteiger partial charge on any atom is -0.476 e. The van der Waals surface area contributed by atoms with Gasteiger partial charge in [0.1, 0.15) is 5.75 Å². The number of ether oxygens (including phenoxy) is 1. The molecule has 1 N–H and O–H groups in total. The van der Waals surface area contributed by atoms with Gasteiger partial charge in [0.15, 0.2) is 6.10 Å². The molecular weight excluding hydrogens is 484 g/mol. The molecular formula is C30H28N2O4S. The first-order chi connectivity index (χ1) is 17.9. The molecule has 2 atom stereocenters. The predicted molar refractivity (Wildman–Crippen MR) is 145 cm³/mol. The Hall–Kier alpha value is -4.10. The number of nitrogens with one attached hydrogen (secondary N) is 1. The molecule has 188 valence electrons. The van der Waals surface area contributed by atoms with Crippen LogP contribution in [0, 0.1) is 6.92 Å². The average Bonchev–Trinajstić information content (AvgIpc) is 2.92. The number of fused-ring (bicyclic) bond motifs is 1. The highest BCUT2D eigenvalue weighted by atomic mass is 32.2. The van der Waals surface area contributed by atoms with Crippen LogP contribution in [0.25, 0.3) is 0 Å². The second-order valence-electron chi connectivity index (χ2n) is 9.11. The van der Waals surface area contributed by atoms with E-state index in [4.69, 9.17) is 4.74 Å². The van der Waals surface area contributed by atoms with Crippen molar-refractivity contribution in [2.75, 3.05) is 10.8 Å². The zero-order valence-electron chi connectivity index (χ0n) is 20.4. The molecule has 0 radical (unpaired) electrons. The van der Waals surface area contributed by atoms with Crippen LogP contribution < -0.4 is 14.4 Å². The van der Waals surface area contributed by atoms with Gasteiger partial charge in [0, 0.05) is 0 Å². The van der Waals surface area contributed by atoms with Crippen LogP contribution in [-0.2, 0) is 20.6 Å². The van der Waals surface area contributed by atoms with Crippen LogP contribution >= 0.6 is 0 Å². The lowest BCUT2D eigenvalue weighted by atomic mass is 9.97. The van der Waals surface area contributed by atoms with Crippen LogP contribution in [0.15, 0.2) is 109 Å². The highest BCUT2D eigenvalue weighted by Gasteiger charge is 2.37. The molecule has 37 heavy (non-hydrogen) atoms. The summed E-state index contributed by atoms with van der Waals surface area (Å²) in [5.74, 6) is -0.201. The number of nitrogens with zero attached hydrogens (tertiary/aromatic N) is 1. The van der Waals surface area contributed by atoms with E-state index in [0.29, 0.717) is 17.0 Å². The fourth-order valence-electron chi connectivity index (χ4n) is 4.46. The molecule has 1 heterocycles. The first kappa shape index (κ1) is 24.6. The SMILES string of the molecule is Cc1ccc(C(NC(=O)C2CN(S(=O)(=O)Cc3ccccc3)c3ccccc3O2)c2ccccc2)cc1. The summed E-state index contributed by atoms with van der Waals surface area (Å²) in [6, 6.07) is 33.2. The maximum absolute atomic E-state index is 13.6. The third-order valence-electron chi connectivity index (χ3n) is 6.39. The van der Waals surface area contributed by atoms with E-state index in [1.807, 2.05) is 79.7 Å². The molecule has 0 aromatic heterocycles. The fraction of sp³-hybridized carbons (Fsp3) is 0.167. The Morgan fingerprint density at radius 2 is 1.46 bits per heavy atom. The van der Waals surface area contributed by atoms with Crippen LogP contribution in [-0.4, -0.2) is 27.0 Å². The van der Waals surface area contributed by atoms with Crippen molar-refractivity contribution < 1.29 is 17.9 Å². The Labute approximate surface area is 217 Å². The van der Waals surface area contributed by atoms with Crippen LogP contribution in [0.4, 0.5) is 5.69 Å². The van der Waals surface area contributed by atoms with Crippen molar-refractivity contribution in [3.8, 4) is 5.75 Å². The molecule has 2 unspecified atom stereocenters.